The summed E-state index contributed by atoms with van der Waals surface area (Å²) in [6.07, 6.45) is 5.77. The molecule has 0 nitrogen and oxygen atoms in total. The molecule has 0 aliphatic heterocycles. The molecule has 0 N–H and O–H groups in total. The Bertz CT molecular complexity index is 94.2. The molecular weight excluding hydrogens is 120 g/mol. The second-order valence-corrected chi connectivity index (χ2v) is 3.83. The van der Waals surface area contributed by atoms with Crippen LogP contribution in [0.1, 0.15) is 46.5 Å². The van der Waals surface area contributed by atoms with Crippen molar-refractivity contribution in [1.29, 1.82) is 0 Å². The van der Waals surface area contributed by atoms with Gasteiger partial charge in [-0.25, -0.2) is 0 Å². The highest BCUT2D eigenvalue weighted by molar-refractivity contribution is 4.85. The number of hydrogen-bond acceptors (Lipinski definition) is 0. The van der Waals surface area contributed by atoms with Gasteiger partial charge < -0.3 is 0 Å². The van der Waals surface area contributed by atoms with E-state index in [1.54, 1.807) is 0 Å². The predicted molar refractivity (Wildman–Crippen MR) is 46.0 cm³/mol. The lowest BCUT2D eigenvalue weighted by Crippen LogP contribution is -2.34. The van der Waals surface area contributed by atoms with Crippen molar-refractivity contribution in [1.82, 2.24) is 0 Å². The molecule has 0 heteroatoms. The zero-order chi connectivity index (χ0) is 7.56. The summed E-state index contributed by atoms with van der Waals surface area (Å²) in [6.45, 7) is 7.04. The Kier molecular flexibility index (Phi) is 2.76. The van der Waals surface area contributed by atoms with E-state index in [0.717, 1.165) is 17.8 Å². The molecule has 0 spiro atoms. The Hall–Kier alpha value is 0. The highest BCUT2D eigenvalue weighted by Gasteiger charge is 2.35. The Morgan fingerprint density at radius 3 is 2.40 bits per heavy atom. The van der Waals surface area contributed by atoms with Crippen LogP contribution in [0.15, 0.2) is 0 Å². The summed E-state index contributed by atoms with van der Waals surface area (Å²) >= 11 is 0. The lowest BCUT2D eigenvalue weighted by Gasteiger charge is -2.43. The molecule has 1 aliphatic carbocycles. The van der Waals surface area contributed by atoms with Gasteiger partial charge in [0.2, 0.25) is 0 Å². The van der Waals surface area contributed by atoms with Gasteiger partial charge in [-0.3, -0.25) is 0 Å². The van der Waals surface area contributed by atoms with E-state index >= 15 is 0 Å². The van der Waals surface area contributed by atoms with Gasteiger partial charge in [0.15, 0.2) is 0 Å². The molecular formula is C10H20. The molecule has 0 radical (unpaired) electrons. The van der Waals surface area contributed by atoms with Crippen LogP contribution >= 0.6 is 0 Å². The first-order valence-electron chi connectivity index (χ1n) is 4.79. The largest absolute Gasteiger partial charge is 0.0654 e. The van der Waals surface area contributed by atoms with Crippen LogP contribution in [0.2, 0.25) is 0 Å². The molecule has 1 fully saturated rings. The molecule has 0 saturated heterocycles. The van der Waals surface area contributed by atoms with Gasteiger partial charge in [-0.15, -0.1) is 0 Å². The fourth-order valence-electron chi connectivity index (χ4n) is 2.53. The lowest BCUT2D eigenvalue weighted by atomic mass is 9.63. The molecule has 1 aliphatic rings. The molecule has 0 amide bonds. The van der Waals surface area contributed by atoms with Crippen LogP contribution in [0, 0.1) is 17.8 Å². The van der Waals surface area contributed by atoms with E-state index in [1.807, 2.05) is 0 Å². The maximum absolute atomic E-state index is 2.40. The van der Waals surface area contributed by atoms with Crippen LogP contribution in [0.4, 0.5) is 0 Å². The van der Waals surface area contributed by atoms with Gasteiger partial charge in [-0.05, 0) is 24.2 Å². The van der Waals surface area contributed by atoms with E-state index in [2.05, 4.69) is 20.8 Å². The first kappa shape index (κ1) is 8.10. The third-order valence-corrected chi connectivity index (χ3v) is 3.14. The molecule has 0 aromatic carbocycles. The number of rotatable bonds is 3. The zero-order valence-corrected chi connectivity index (χ0v) is 7.56. The van der Waals surface area contributed by atoms with Gasteiger partial charge in [-0.1, -0.05) is 40.0 Å². The van der Waals surface area contributed by atoms with Gasteiger partial charge in [0.05, 0.1) is 0 Å². The minimum absolute atomic E-state index is 1.03. The van der Waals surface area contributed by atoms with Crippen molar-refractivity contribution in [3.05, 3.63) is 0 Å². The molecule has 3 unspecified atom stereocenters. The monoisotopic (exact) mass is 140 g/mol. The number of hydrogen-bond donors (Lipinski definition) is 0. The Morgan fingerprint density at radius 2 is 2.00 bits per heavy atom. The van der Waals surface area contributed by atoms with E-state index in [-0.39, 0.29) is 0 Å². The van der Waals surface area contributed by atoms with Gasteiger partial charge in [0.1, 0.15) is 0 Å². The summed E-state index contributed by atoms with van der Waals surface area (Å²) in [5.41, 5.74) is 0. The van der Waals surface area contributed by atoms with Crippen LogP contribution < -0.4 is 0 Å². The Morgan fingerprint density at radius 1 is 1.30 bits per heavy atom. The highest BCUT2D eigenvalue weighted by atomic mass is 14.4. The van der Waals surface area contributed by atoms with Crippen molar-refractivity contribution in [2.45, 2.75) is 46.5 Å². The highest BCUT2D eigenvalue weighted by Crippen LogP contribution is 2.44. The fourth-order valence-corrected chi connectivity index (χ4v) is 2.53. The Labute approximate surface area is 65.0 Å². The molecule has 10 heavy (non-hydrogen) atoms. The summed E-state index contributed by atoms with van der Waals surface area (Å²) in [5, 5.41) is 0. The maximum Gasteiger partial charge on any atom is -0.0362 e. The summed E-state index contributed by atoms with van der Waals surface area (Å²) in [6, 6.07) is 0. The minimum atomic E-state index is 1.03. The first-order chi connectivity index (χ1) is 4.79. The van der Waals surface area contributed by atoms with Crippen molar-refractivity contribution >= 4 is 0 Å². The summed E-state index contributed by atoms with van der Waals surface area (Å²) in [4.78, 5) is 0. The van der Waals surface area contributed by atoms with Gasteiger partial charge >= 0.3 is 0 Å². The first-order valence-corrected chi connectivity index (χ1v) is 4.79. The van der Waals surface area contributed by atoms with Gasteiger partial charge in [-0.2, -0.15) is 0 Å². The topological polar surface area (TPSA) is 0 Å². The van der Waals surface area contributed by atoms with Crippen molar-refractivity contribution in [3.63, 3.8) is 0 Å². The van der Waals surface area contributed by atoms with Crippen LogP contribution in [0.5, 0.6) is 0 Å². The van der Waals surface area contributed by atoms with E-state index < -0.39 is 0 Å². The second-order valence-electron chi connectivity index (χ2n) is 3.83. The third-order valence-electron chi connectivity index (χ3n) is 3.14. The van der Waals surface area contributed by atoms with Crippen molar-refractivity contribution < 1.29 is 0 Å². The predicted octanol–water partition coefficient (Wildman–Crippen LogP) is 3.47. The van der Waals surface area contributed by atoms with E-state index in [1.165, 1.54) is 25.7 Å². The quantitative estimate of drug-likeness (QED) is 0.563. The molecule has 1 saturated carbocycles. The SMILES string of the molecule is CCCC1CC(C)C1CC. The molecule has 3 atom stereocenters. The lowest BCUT2D eigenvalue weighted by molar-refractivity contribution is 0.0738. The van der Waals surface area contributed by atoms with Crippen molar-refractivity contribution in [3.8, 4) is 0 Å². The molecule has 60 valence electrons. The fraction of sp³-hybridized carbons (Fsp3) is 1.00. The molecule has 0 aromatic heterocycles. The zero-order valence-electron chi connectivity index (χ0n) is 7.56. The summed E-state index contributed by atoms with van der Waals surface area (Å²) in [7, 11) is 0. The van der Waals surface area contributed by atoms with E-state index in [4.69, 9.17) is 0 Å². The van der Waals surface area contributed by atoms with Crippen molar-refractivity contribution in [2.24, 2.45) is 17.8 Å². The van der Waals surface area contributed by atoms with Crippen LogP contribution in [0.25, 0.3) is 0 Å². The maximum atomic E-state index is 2.40. The summed E-state index contributed by atoms with van der Waals surface area (Å²) < 4.78 is 0. The standard InChI is InChI=1S/C10H20/c1-4-6-9-7-8(3)10(9)5-2/h8-10H,4-7H2,1-3H3. The van der Waals surface area contributed by atoms with Crippen LogP contribution in [-0.4, -0.2) is 0 Å². The van der Waals surface area contributed by atoms with Crippen LogP contribution in [-0.2, 0) is 0 Å². The average Bonchev–Trinajstić information content (AvgIpc) is 1.88. The van der Waals surface area contributed by atoms with Gasteiger partial charge in [0.25, 0.3) is 0 Å². The normalized spacial score (nSPS) is 39.3. The average molecular weight is 140 g/mol. The molecule has 1 rings (SSSR count). The summed E-state index contributed by atoms with van der Waals surface area (Å²) in [5.74, 6) is 3.19. The Balaban J connectivity index is 2.23. The molecule has 0 heterocycles. The molecule has 0 aromatic rings. The second kappa shape index (κ2) is 3.41. The van der Waals surface area contributed by atoms with E-state index in [9.17, 15) is 0 Å². The smallest absolute Gasteiger partial charge is 0.0362 e. The minimum Gasteiger partial charge on any atom is -0.0654 e. The van der Waals surface area contributed by atoms with E-state index in [0.29, 0.717) is 0 Å². The van der Waals surface area contributed by atoms with Crippen LogP contribution in [0.3, 0.4) is 0 Å². The third kappa shape index (κ3) is 1.36. The molecule has 0 bridgehead atoms. The van der Waals surface area contributed by atoms with Crippen molar-refractivity contribution in [2.75, 3.05) is 0 Å². The van der Waals surface area contributed by atoms with Gasteiger partial charge in [0, 0.05) is 0 Å².